The first kappa shape index (κ1) is 18.1. The summed E-state index contributed by atoms with van der Waals surface area (Å²) in [4.78, 5) is 5.52. The van der Waals surface area contributed by atoms with Gasteiger partial charge in [0.2, 0.25) is 0 Å². The van der Waals surface area contributed by atoms with Crippen molar-refractivity contribution in [1.82, 2.24) is 4.98 Å². The maximum atomic E-state index is 5.99. The Hall–Kier alpha value is -1.91. The van der Waals surface area contributed by atoms with Gasteiger partial charge in [-0.1, -0.05) is 11.6 Å². The highest BCUT2D eigenvalue weighted by atomic mass is 35.5. The van der Waals surface area contributed by atoms with Crippen molar-refractivity contribution in [3.05, 3.63) is 35.5 Å². The number of halogens is 2. The van der Waals surface area contributed by atoms with Crippen LogP contribution in [0.5, 0.6) is 0 Å². The second-order valence-corrected chi connectivity index (χ2v) is 5.14. The van der Waals surface area contributed by atoms with Gasteiger partial charge in [-0.05, 0) is 36.1 Å². The van der Waals surface area contributed by atoms with Crippen LogP contribution < -0.4 is 22.6 Å². The zero-order valence-corrected chi connectivity index (χ0v) is 13.6. The zero-order chi connectivity index (χ0) is 15.1. The van der Waals surface area contributed by atoms with Gasteiger partial charge in [-0.3, -0.25) is 4.98 Å². The first-order valence-electron chi connectivity index (χ1n) is 6.73. The van der Waals surface area contributed by atoms with E-state index >= 15 is 0 Å². The molecule has 1 heterocycles. The molecular formula is C17H17Cl2N3. The minimum atomic E-state index is 0. The van der Waals surface area contributed by atoms with E-state index in [0.717, 1.165) is 29.7 Å². The molecule has 0 aliphatic heterocycles. The fourth-order valence-electron chi connectivity index (χ4n) is 2.18. The van der Waals surface area contributed by atoms with E-state index in [1.54, 1.807) is 6.20 Å². The van der Waals surface area contributed by atoms with Crippen molar-refractivity contribution in [3.8, 4) is 24.7 Å². The minimum absolute atomic E-state index is 0. The van der Waals surface area contributed by atoms with E-state index in [0.29, 0.717) is 18.1 Å². The molecule has 0 saturated carbocycles. The van der Waals surface area contributed by atoms with Gasteiger partial charge in [0.15, 0.2) is 0 Å². The highest BCUT2D eigenvalue weighted by Crippen LogP contribution is 2.23. The number of aromatic nitrogens is 1. The molecule has 2 N–H and O–H groups in total. The Labute approximate surface area is 142 Å². The van der Waals surface area contributed by atoms with E-state index in [1.165, 1.54) is 4.90 Å². The van der Waals surface area contributed by atoms with Gasteiger partial charge in [0.05, 0.1) is 18.6 Å². The number of benzene rings is 1. The van der Waals surface area contributed by atoms with Gasteiger partial charge >= 0.3 is 0 Å². The molecule has 3 nitrogen and oxygen atoms in total. The molecule has 0 fully saturated rings. The van der Waals surface area contributed by atoms with Gasteiger partial charge in [0.25, 0.3) is 0 Å². The number of fused-ring (bicyclic) bond motifs is 1. The van der Waals surface area contributed by atoms with E-state index in [2.05, 4.69) is 22.1 Å². The van der Waals surface area contributed by atoms with Crippen LogP contribution in [0.1, 0.15) is 0 Å². The molecule has 0 bridgehead atoms. The SMILES string of the molecule is C#CC[NH+](CC#C)CCNc1ccnc2cc(Cl)ccc12.[Cl-]. The van der Waals surface area contributed by atoms with Gasteiger partial charge < -0.3 is 22.6 Å². The third kappa shape index (κ3) is 4.83. The van der Waals surface area contributed by atoms with E-state index in [9.17, 15) is 0 Å². The molecule has 5 heteroatoms. The Morgan fingerprint density at radius 2 is 1.91 bits per heavy atom. The monoisotopic (exact) mass is 333 g/mol. The summed E-state index contributed by atoms with van der Waals surface area (Å²) < 4.78 is 0. The van der Waals surface area contributed by atoms with Crippen LogP contribution in [0.2, 0.25) is 5.02 Å². The molecule has 0 aliphatic rings. The van der Waals surface area contributed by atoms with E-state index in [1.807, 2.05) is 24.3 Å². The number of pyridine rings is 1. The van der Waals surface area contributed by atoms with Crippen molar-refractivity contribution in [2.75, 3.05) is 31.5 Å². The fourth-order valence-corrected chi connectivity index (χ4v) is 2.34. The maximum absolute atomic E-state index is 5.99. The Morgan fingerprint density at radius 1 is 1.18 bits per heavy atom. The summed E-state index contributed by atoms with van der Waals surface area (Å²) >= 11 is 5.99. The molecule has 1 aromatic heterocycles. The normalized spacial score (nSPS) is 9.82. The van der Waals surface area contributed by atoms with Crippen LogP contribution in [0.4, 0.5) is 5.69 Å². The third-order valence-electron chi connectivity index (χ3n) is 3.20. The standard InChI is InChI=1S/C17H16ClN3.ClH/c1-3-10-21(11-4-2)12-9-20-16-7-8-19-17-13-14(18)5-6-15(16)17;/h1-2,5-8,13H,9-12H2,(H,19,20);1H. The van der Waals surface area contributed by atoms with Crippen molar-refractivity contribution in [2.45, 2.75) is 0 Å². The zero-order valence-electron chi connectivity index (χ0n) is 12.1. The molecule has 0 saturated heterocycles. The van der Waals surface area contributed by atoms with Crippen LogP contribution in [0.15, 0.2) is 30.5 Å². The number of hydrogen-bond acceptors (Lipinski definition) is 2. The van der Waals surface area contributed by atoms with Crippen LogP contribution in [0.25, 0.3) is 10.9 Å². The van der Waals surface area contributed by atoms with Gasteiger partial charge in [-0.25, -0.2) is 0 Å². The highest BCUT2D eigenvalue weighted by molar-refractivity contribution is 6.31. The Balaban J connectivity index is 0.00000242. The summed E-state index contributed by atoms with van der Waals surface area (Å²) in [7, 11) is 0. The molecule has 0 atom stereocenters. The fraction of sp³-hybridized carbons (Fsp3) is 0.235. The molecule has 2 aromatic rings. The summed E-state index contributed by atoms with van der Waals surface area (Å²) in [5.74, 6) is 5.30. The van der Waals surface area contributed by atoms with Crippen molar-refractivity contribution in [3.63, 3.8) is 0 Å². The van der Waals surface area contributed by atoms with Crippen molar-refractivity contribution < 1.29 is 17.3 Å². The lowest BCUT2D eigenvalue weighted by atomic mass is 10.2. The Morgan fingerprint density at radius 3 is 2.59 bits per heavy atom. The quantitative estimate of drug-likeness (QED) is 0.627. The molecule has 0 spiro atoms. The van der Waals surface area contributed by atoms with Crippen LogP contribution >= 0.6 is 11.6 Å². The highest BCUT2D eigenvalue weighted by Gasteiger charge is 2.06. The summed E-state index contributed by atoms with van der Waals surface area (Å²) in [6.07, 6.45) is 12.5. The first-order valence-corrected chi connectivity index (χ1v) is 7.11. The predicted molar refractivity (Wildman–Crippen MR) is 88.5 cm³/mol. The summed E-state index contributed by atoms with van der Waals surface area (Å²) in [5, 5.41) is 5.15. The maximum Gasteiger partial charge on any atom is 0.139 e. The second-order valence-electron chi connectivity index (χ2n) is 4.71. The second kappa shape index (κ2) is 9.18. The van der Waals surface area contributed by atoms with E-state index < -0.39 is 0 Å². The van der Waals surface area contributed by atoms with Crippen LogP contribution in [0, 0.1) is 24.7 Å². The molecule has 22 heavy (non-hydrogen) atoms. The van der Waals surface area contributed by atoms with Crippen molar-refractivity contribution in [2.24, 2.45) is 0 Å². The van der Waals surface area contributed by atoms with Gasteiger partial charge in [0, 0.05) is 22.3 Å². The molecule has 114 valence electrons. The lowest BCUT2D eigenvalue weighted by Crippen LogP contribution is -3.12. The molecule has 2 rings (SSSR count). The molecule has 0 amide bonds. The molecule has 0 unspecified atom stereocenters. The van der Waals surface area contributed by atoms with Crippen molar-refractivity contribution >= 4 is 28.2 Å². The summed E-state index contributed by atoms with van der Waals surface area (Å²) in [5.41, 5.74) is 1.92. The lowest BCUT2D eigenvalue weighted by Gasteiger charge is -2.15. The van der Waals surface area contributed by atoms with E-state index in [-0.39, 0.29) is 12.4 Å². The smallest absolute Gasteiger partial charge is 0.139 e. The molecular weight excluding hydrogens is 317 g/mol. The number of rotatable bonds is 6. The number of anilines is 1. The average molecular weight is 334 g/mol. The van der Waals surface area contributed by atoms with Crippen LogP contribution in [-0.2, 0) is 0 Å². The number of hydrogen-bond donors (Lipinski definition) is 2. The number of nitrogens with zero attached hydrogens (tertiary/aromatic N) is 1. The molecule has 0 aliphatic carbocycles. The Bertz CT molecular complexity index is 685. The number of terminal acetylenes is 2. The minimum Gasteiger partial charge on any atom is -1.00 e. The Kier molecular flexibility index (Phi) is 7.57. The lowest BCUT2D eigenvalue weighted by molar-refractivity contribution is -0.883. The third-order valence-corrected chi connectivity index (χ3v) is 3.44. The van der Waals surface area contributed by atoms with E-state index in [4.69, 9.17) is 24.4 Å². The first-order chi connectivity index (χ1) is 10.2. The van der Waals surface area contributed by atoms with Crippen molar-refractivity contribution in [1.29, 1.82) is 0 Å². The van der Waals surface area contributed by atoms with Gasteiger partial charge in [0.1, 0.15) is 13.1 Å². The largest absolute Gasteiger partial charge is 1.00 e. The number of quaternary nitrogens is 1. The van der Waals surface area contributed by atoms with Gasteiger partial charge in [-0.2, -0.15) is 0 Å². The molecule has 0 radical (unpaired) electrons. The summed E-state index contributed by atoms with van der Waals surface area (Å²) in [6, 6.07) is 7.65. The number of nitrogens with one attached hydrogen (secondary N) is 2. The van der Waals surface area contributed by atoms with Crippen LogP contribution in [-0.4, -0.2) is 31.2 Å². The van der Waals surface area contributed by atoms with Gasteiger partial charge in [-0.15, -0.1) is 12.8 Å². The average Bonchev–Trinajstić information content (AvgIpc) is 2.47. The molecule has 1 aromatic carbocycles. The predicted octanol–water partition coefficient (Wildman–Crippen LogP) is -1.54. The topological polar surface area (TPSA) is 29.4 Å². The summed E-state index contributed by atoms with van der Waals surface area (Å²) in [6.45, 7) is 2.93. The van der Waals surface area contributed by atoms with Crippen LogP contribution in [0.3, 0.4) is 0 Å².